The lowest BCUT2D eigenvalue weighted by atomic mass is 9.78. The molecule has 3 heteroatoms. The minimum Gasteiger partial charge on any atom is -0.327 e. The summed E-state index contributed by atoms with van der Waals surface area (Å²) >= 11 is 5.34. The highest BCUT2D eigenvalue weighted by molar-refractivity contribution is 9.10. The van der Waals surface area contributed by atoms with E-state index in [4.69, 9.17) is 5.73 Å². The summed E-state index contributed by atoms with van der Waals surface area (Å²) in [6, 6.07) is 2.36. The predicted molar refractivity (Wildman–Crippen MR) is 76.9 cm³/mol. The molecule has 2 atom stereocenters. The van der Waals surface area contributed by atoms with Gasteiger partial charge in [-0.2, -0.15) is 0 Å². The average molecular weight is 304 g/mol. The molecule has 2 N–H and O–H groups in total. The maximum absolute atomic E-state index is 6.22. The molecule has 0 aliphatic rings. The molecule has 1 aromatic rings. The highest BCUT2D eigenvalue weighted by Gasteiger charge is 2.22. The molecule has 16 heavy (non-hydrogen) atoms. The van der Waals surface area contributed by atoms with Crippen molar-refractivity contribution >= 4 is 27.3 Å². The second kappa shape index (κ2) is 5.65. The van der Waals surface area contributed by atoms with E-state index in [1.165, 1.54) is 9.35 Å². The summed E-state index contributed by atoms with van der Waals surface area (Å²) < 4.78 is 1.20. The molecular formula is C13H22BrNS. The number of nitrogens with two attached hydrogens (primary N) is 1. The van der Waals surface area contributed by atoms with Gasteiger partial charge in [-0.3, -0.25) is 0 Å². The van der Waals surface area contributed by atoms with Gasteiger partial charge >= 0.3 is 0 Å². The minimum atomic E-state index is 0.268. The highest BCUT2D eigenvalue weighted by Crippen LogP contribution is 2.30. The Bertz CT molecular complexity index is 327. The molecule has 1 heterocycles. The topological polar surface area (TPSA) is 26.0 Å². The molecule has 92 valence electrons. The SMILES string of the molecule is CC(CC(N)Cc1sccc1Br)C(C)(C)C. The van der Waals surface area contributed by atoms with Gasteiger partial charge in [0, 0.05) is 15.4 Å². The fourth-order valence-electron chi connectivity index (χ4n) is 1.60. The van der Waals surface area contributed by atoms with Gasteiger partial charge in [0.25, 0.3) is 0 Å². The zero-order valence-electron chi connectivity index (χ0n) is 10.6. The molecular weight excluding hydrogens is 282 g/mol. The van der Waals surface area contributed by atoms with E-state index in [0.717, 1.165) is 12.8 Å². The van der Waals surface area contributed by atoms with E-state index in [1.807, 2.05) is 0 Å². The molecule has 2 unspecified atom stereocenters. The predicted octanol–water partition coefficient (Wildman–Crippen LogP) is 4.45. The fraction of sp³-hybridized carbons (Fsp3) is 0.692. The summed E-state index contributed by atoms with van der Waals surface area (Å²) in [7, 11) is 0. The van der Waals surface area contributed by atoms with Crippen LogP contribution in [0.15, 0.2) is 15.9 Å². The van der Waals surface area contributed by atoms with Gasteiger partial charge in [-0.05, 0) is 51.6 Å². The normalized spacial score (nSPS) is 16.1. The van der Waals surface area contributed by atoms with Crippen molar-refractivity contribution in [2.45, 2.75) is 46.6 Å². The van der Waals surface area contributed by atoms with Crippen molar-refractivity contribution in [2.24, 2.45) is 17.1 Å². The molecule has 0 amide bonds. The van der Waals surface area contributed by atoms with Gasteiger partial charge in [0.1, 0.15) is 0 Å². The molecule has 0 radical (unpaired) electrons. The third kappa shape index (κ3) is 4.19. The van der Waals surface area contributed by atoms with E-state index in [0.29, 0.717) is 11.3 Å². The van der Waals surface area contributed by atoms with Gasteiger partial charge in [0.15, 0.2) is 0 Å². The van der Waals surface area contributed by atoms with E-state index in [9.17, 15) is 0 Å². The molecule has 1 aromatic heterocycles. The van der Waals surface area contributed by atoms with Crippen molar-refractivity contribution in [3.8, 4) is 0 Å². The van der Waals surface area contributed by atoms with Gasteiger partial charge in [-0.1, -0.05) is 27.7 Å². The Balaban J connectivity index is 2.48. The Kier molecular flexibility index (Phi) is 5.02. The Morgan fingerprint density at radius 1 is 1.44 bits per heavy atom. The average Bonchev–Trinajstić information content (AvgIpc) is 2.50. The van der Waals surface area contributed by atoms with Gasteiger partial charge in [0.05, 0.1) is 0 Å². The van der Waals surface area contributed by atoms with Crippen LogP contribution in [0.1, 0.15) is 39.0 Å². The summed E-state index contributed by atoms with van der Waals surface area (Å²) in [5.74, 6) is 0.654. The monoisotopic (exact) mass is 303 g/mol. The Labute approximate surface area is 112 Å². The zero-order valence-corrected chi connectivity index (χ0v) is 13.0. The quantitative estimate of drug-likeness (QED) is 0.873. The number of halogens is 1. The van der Waals surface area contributed by atoms with Gasteiger partial charge in [-0.15, -0.1) is 11.3 Å². The van der Waals surface area contributed by atoms with Crippen LogP contribution in [0, 0.1) is 11.3 Å². The molecule has 0 aliphatic heterocycles. The maximum Gasteiger partial charge on any atom is 0.0314 e. The maximum atomic E-state index is 6.22. The summed E-state index contributed by atoms with van der Waals surface area (Å²) in [6.45, 7) is 9.14. The van der Waals surface area contributed by atoms with Crippen LogP contribution in [0.2, 0.25) is 0 Å². The third-order valence-electron chi connectivity index (χ3n) is 3.27. The van der Waals surface area contributed by atoms with Gasteiger partial charge < -0.3 is 5.73 Å². The first-order chi connectivity index (χ1) is 7.30. The van der Waals surface area contributed by atoms with Crippen LogP contribution in [0.25, 0.3) is 0 Å². The van der Waals surface area contributed by atoms with Crippen molar-refractivity contribution in [3.63, 3.8) is 0 Å². The molecule has 0 saturated carbocycles. The van der Waals surface area contributed by atoms with Crippen LogP contribution < -0.4 is 5.73 Å². The lowest BCUT2D eigenvalue weighted by Crippen LogP contribution is -2.30. The Morgan fingerprint density at radius 2 is 2.06 bits per heavy atom. The van der Waals surface area contributed by atoms with Crippen molar-refractivity contribution < 1.29 is 0 Å². The second-order valence-corrected chi connectivity index (χ2v) is 7.51. The van der Waals surface area contributed by atoms with Crippen LogP contribution in [0.3, 0.4) is 0 Å². The third-order valence-corrected chi connectivity index (χ3v) is 5.22. The Morgan fingerprint density at radius 3 is 2.50 bits per heavy atom. The van der Waals surface area contributed by atoms with Crippen LogP contribution in [0.4, 0.5) is 0 Å². The van der Waals surface area contributed by atoms with Gasteiger partial charge in [0.2, 0.25) is 0 Å². The van der Waals surface area contributed by atoms with Crippen LogP contribution in [-0.2, 0) is 6.42 Å². The van der Waals surface area contributed by atoms with Crippen LogP contribution in [0.5, 0.6) is 0 Å². The van der Waals surface area contributed by atoms with E-state index in [2.05, 4.69) is 55.1 Å². The molecule has 0 fully saturated rings. The number of hydrogen-bond donors (Lipinski definition) is 1. The zero-order chi connectivity index (χ0) is 12.3. The number of rotatable bonds is 4. The van der Waals surface area contributed by atoms with Crippen LogP contribution in [-0.4, -0.2) is 6.04 Å². The van der Waals surface area contributed by atoms with Gasteiger partial charge in [-0.25, -0.2) is 0 Å². The van der Waals surface area contributed by atoms with Crippen molar-refractivity contribution in [3.05, 3.63) is 20.8 Å². The van der Waals surface area contributed by atoms with E-state index < -0.39 is 0 Å². The molecule has 0 aliphatic carbocycles. The largest absolute Gasteiger partial charge is 0.327 e. The van der Waals surface area contributed by atoms with E-state index in [1.54, 1.807) is 11.3 Å². The number of thiophene rings is 1. The second-order valence-electron chi connectivity index (χ2n) is 5.66. The molecule has 0 bridgehead atoms. The smallest absolute Gasteiger partial charge is 0.0314 e. The summed E-state index contributed by atoms with van der Waals surface area (Å²) in [6.07, 6.45) is 2.08. The fourth-order valence-corrected chi connectivity index (χ4v) is 3.21. The standard InChI is InChI=1S/C13H22BrNS/c1-9(13(2,3)4)7-10(15)8-12-11(14)5-6-16-12/h5-6,9-10H,7-8,15H2,1-4H3. The number of hydrogen-bond acceptors (Lipinski definition) is 2. The lowest BCUT2D eigenvalue weighted by Gasteiger charge is -2.29. The molecule has 0 saturated heterocycles. The van der Waals surface area contributed by atoms with Crippen molar-refractivity contribution in [2.75, 3.05) is 0 Å². The van der Waals surface area contributed by atoms with Crippen molar-refractivity contribution in [1.82, 2.24) is 0 Å². The molecule has 0 aromatic carbocycles. The van der Waals surface area contributed by atoms with Crippen molar-refractivity contribution in [1.29, 1.82) is 0 Å². The first-order valence-electron chi connectivity index (χ1n) is 5.78. The first-order valence-corrected chi connectivity index (χ1v) is 7.45. The molecule has 0 spiro atoms. The summed E-state index contributed by atoms with van der Waals surface area (Å²) in [5, 5.41) is 2.11. The minimum absolute atomic E-state index is 0.268. The van der Waals surface area contributed by atoms with E-state index in [-0.39, 0.29) is 6.04 Å². The van der Waals surface area contributed by atoms with Crippen LogP contribution >= 0.6 is 27.3 Å². The Hall–Kier alpha value is 0.140. The summed E-state index contributed by atoms with van der Waals surface area (Å²) in [4.78, 5) is 1.37. The summed E-state index contributed by atoms with van der Waals surface area (Å²) in [5.41, 5.74) is 6.57. The van der Waals surface area contributed by atoms with E-state index >= 15 is 0 Å². The highest BCUT2D eigenvalue weighted by atomic mass is 79.9. The molecule has 1 rings (SSSR count). The molecule has 1 nitrogen and oxygen atoms in total. The first kappa shape index (κ1) is 14.2. The lowest BCUT2D eigenvalue weighted by molar-refractivity contribution is 0.233.